The van der Waals surface area contributed by atoms with E-state index in [1.807, 2.05) is 42.6 Å². The number of nitrogens with zero attached hydrogens (tertiary/aromatic N) is 2. The number of hydrogen-bond acceptors (Lipinski definition) is 3. The van der Waals surface area contributed by atoms with Crippen molar-refractivity contribution in [2.75, 3.05) is 5.73 Å². The molecule has 0 spiro atoms. The fourth-order valence-electron chi connectivity index (χ4n) is 2.05. The van der Waals surface area contributed by atoms with Crippen LogP contribution in [-0.2, 0) is 0 Å². The molecule has 0 bridgehead atoms. The van der Waals surface area contributed by atoms with Crippen LogP contribution in [0.15, 0.2) is 48.7 Å². The van der Waals surface area contributed by atoms with E-state index < -0.39 is 0 Å². The van der Waals surface area contributed by atoms with Gasteiger partial charge >= 0.3 is 0 Å². The molecule has 3 rings (SSSR count). The summed E-state index contributed by atoms with van der Waals surface area (Å²) in [5, 5.41) is 1.07. The van der Waals surface area contributed by atoms with Crippen LogP contribution in [0.4, 0.5) is 5.82 Å². The van der Waals surface area contributed by atoms with Crippen molar-refractivity contribution < 1.29 is 0 Å². The Hall–Kier alpha value is -2.42. The quantitative estimate of drug-likeness (QED) is 0.704. The van der Waals surface area contributed by atoms with Gasteiger partial charge in [0, 0.05) is 17.1 Å². The van der Waals surface area contributed by atoms with Gasteiger partial charge < -0.3 is 5.73 Å². The standard InChI is InChI=1S/C15H13N3/c1-10-7-8-17-13(9-10)12-4-2-3-11-5-6-14(16)18-15(11)12/h2-9H,1H3,(H2,16,18). The van der Waals surface area contributed by atoms with Crippen molar-refractivity contribution in [2.24, 2.45) is 0 Å². The topological polar surface area (TPSA) is 51.8 Å². The Balaban J connectivity index is 2.32. The molecule has 2 N–H and O–H groups in total. The van der Waals surface area contributed by atoms with Gasteiger partial charge in [0.1, 0.15) is 5.82 Å². The molecule has 18 heavy (non-hydrogen) atoms. The monoisotopic (exact) mass is 235 g/mol. The Morgan fingerprint density at radius 2 is 1.94 bits per heavy atom. The number of nitrogen functional groups attached to an aromatic ring is 1. The lowest BCUT2D eigenvalue weighted by atomic mass is 10.1. The van der Waals surface area contributed by atoms with E-state index in [0.29, 0.717) is 5.82 Å². The number of para-hydroxylation sites is 1. The molecule has 0 fully saturated rings. The smallest absolute Gasteiger partial charge is 0.124 e. The minimum atomic E-state index is 0.530. The van der Waals surface area contributed by atoms with Crippen LogP contribution >= 0.6 is 0 Å². The lowest BCUT2D eigenvalue weighted by molar-refractivity contribution is 1.28. The minimum Gasteiger partial charge on any atom is -0.384 e. The lowest BCUT2D eigenvalue weighted by Gasteiger charge is -2.06. The highest BCUT2D eigenvalue weighted by Gasteiger charge is 2.06. The van der Waals surface area contributed by atoms with Crippen LogP contribution in [0, 0.1) is 6.92 Å². The molecule has 0 radical (unpaired) electrons. The molecule has 2 aromatic heterocycles. The number of aryl methyl sites for hydroxylation is 1. The SMILES string of the molecule is Cc1ccnc(-c2cccc3ccc(N)nc23)c1. The van der Waals surface area contributed by atoms with E-state index in [1.54, 1.807) is 0 Å². The normalized spacial score (nSPS) is 10.7. The Morgan fingerprint density at radius 3 is 2.78 bits per heavy atom. The highest BCUT2D eigenvalue weighted by molar-refractivity contribution is 5.93. The zero-order chi connectivity index (χ0) is 12.5. The Labute approximate surface area is 105 Å². The van der Waals surface area contributed by atoms with Crippen LogP contribution in [0.2, 0.25) is 0 Å². The predicted molar refractivity (Wildman–Crippen MR) is 74.1 cm³/mol. The van der Waals surface area contributed by atoms with Crippen LogP contribution in [0.5, 0.6) is 0 Å². The summed E-state index contributed by atoms with van der Waals surface area (Å²) in [5.74, 6) is 0.530. The van der Waals surface area contributed by atoms with Gasteiger partial charge in [0.2, 0.25) is 0 Å². The van der Waals surface area contributed by atoms with E-state index >= 15 is 0 Å². The lowest BCUT2D eigenvalue weighted by Crippen LogP contribution is -1.92. The fraction of sp³-hybridized carbons (Fsp3) is 0.0667. The highest BCUT2D eigenvalue weighted by atomic mass is 14.8. The second-order valence-electron chi connectivity index (χ2n) is 4.33. The van der Waals surface area contributed by atoms with Crippen LogP contribution in [0.3, 0.4) is 0 Å². The number of hydrogen-bond donors (Lipinski definition) is 1. The van der Waals surface area contributed by atoms with Crippen LogP contribution in [-0.4, -0.2) is 9.97 Å². The third kappa shape index (κ3) is 1.80. The molecule has 1 aromatic carbocycles. The summed E-state index contributed by atoms with van der Waals surface area (Å²) in [6.45, 7) is 2.05. The Bertz CT molecular complexity index is 720. The number of rotatable bonds is 1. The number of fused-ring (bicyclic) bond motifs is 1. The number of anilines is 1. The van der Waals surface area contributed by atoms with Crippen molar-refractivity contribution in [3.05, 3.63) is 54.2 Å². The molecular formula is C15H13N3. The summed E-state index contributed by atoms with van der Waals surface area (Å²) in [6, 6.07) is 13.9. The molecule has 2 heterocycles. The molecule has 0 atom stereocenters. The summed E-state index contributed by atoms with van der Waals surface area (Å²) >= 11 is 0. The van der Waals surface area contributed by atoms with Crippen molar-refractivity contribution in [1.29, 1.82) is 0 Å². The number of pyridine rings is 2. The maximum Gasteiger partial charge on any atom is 0.124 e. The van der Waals surface area contributed by atoms with Gasteiger partial charge in [-0.15, -0.1) is 0 Å². The second-order valence-corrected chi connectivity index (χ2v) is 4.33. The van der Waals surface area contributed by atoms with Gasteiger partial charge in [0.15, 0.2) is 0 Å². The summed E-state index contributed by atoms with van der Waals surface area (Å²) < 4.78 is 0. The molecule has 0 unspecified atom stereocenters. The molecule has 0 amide bonds. The summed E-state index contributed by atoms with van der Waals surface area (Å²) in [4.78, 5) is 8.83. The van der Waals surface area contributed by atoms with Gasteiger partial charge in [0.25, 0.3) is 0 Å². The van der Waals surface area contributed by atoms with Gasteiger partial charge in [-0.1, -0.05) is 18.2 Å². The van der Waals surface area contributed by atoms with E-state index in [2.05, 4.69) is 23.0 Å². The second kappa shape index (κ2) is 4.11. The van der Waals surface area contributed by atoms with Crippen molar-refractivity contribution in [3.8, 4) is 11.3 Å². The summed E-state index contributed by atoms with van der Waals surface area (Å²) in [6.07, 6.45) is 1.82. The average Bonchev–Trinajstić information content (AvgIpc) is 2.38. The van der Waals surface area contributed by atoms with E-state index in [9.17, 15) is 0 Å². The van der Waals surface area contributed by atoms with Crippen molar-refractivity contribution in [2.45, 2.75) is 6.92 Å². The first kappa shape index (κ1) is 10.7. The largest absolute Gasteiger partial charge is 0.384 e. The molecule has 88 valence electrons. The molecule has 0 saturated heterocycles. The molecule has 3 aromatic rings. The zero-order valence-corrected chi connectivity index (χ0v) is 10.1. The number of benzene rings is 1. The molecule has 0 saturated carbocycles. The summed E-state index contributed by atoms with van der Waals surface area (Å²) in [5.41, 5.74) is 9.80. The summed E-state index contributed by atoms with van der Waals surface area (Å²) in [7, 11) is 0. The van der Waals surface area contributed by atoms with E-state index in [-0.39, 0.29) is 0 Å². The Morgan fingerprint density at radius 1 is 1.06 bits per heavy atom. The van der Waals surface area contributed by atoms with E-state index in [4.69, 9.17) is 5.73 Å². The van der Waals surface area contributed by atoms with Crippen molar-refractivity contribution in [3.63, 3.8) is 0 Å². The van der Waals surface area contributed by atoms with Crippen LogP contribution in [0.1, 0.15) is 5.56 Å². The van der Waals surface area contributed by atoms with Crippen LogP contribution < -0.4 is 5.73 Å². The van der Waals surface area contributed by atoms with Gasteiger partial charge in [-0.25, -0.2) is 4.98 Å². The van der Waals surface area contributed by atoms with Gasteiger partial charge in [0.05, 0.1) is 11.2 Å². The van der Waals surface area contributed by atoms with Crippen molar-refractivity contribution >= 4 is 16.7 Å². The van der Waals surface area contributed by atoms with Crippen molar-refractivity contribution in [1.82, 2.24) is 9.97 Å². The maximum atomic E-state index is 5.77. The van der Waals surface area contributed by atoms with E-state index in [0.717, 1.165) is 22.2 Å². The maximum absolute atomic E-state index is 5.77. The molecule has 3 nitrogen and oxygen atoms in total. The Kier molecular flexibility index (Phi) is 2.45. The fourth-order valence-corrected chi connectivity index (χ4v) is 2.05. The van der Waals surface area contributed by atoms with Gasteiger partial charge in [-0.2, -0.15) is 0 Å². The molecule has 0 aliphatic rings. The number of nitrogens with two attached hydrogens (primary N) is 1. The van der Waals surface area contributed by atoms with Gasteiger partial charge in [-0.05, 0) is 36.8 Å². The molecular weight excluding hydrogens is 222 g/mol. The molecule has 3 heteroatoms. The molecule has 0 aliphatic heterocycles. The first-order chi connectivity index (χ1) is 8.74. The number of aromatic nitrogens is 2. The van der Waals surface area contributed by atoms with E-state index in [1.165, 1.54) is 5.56 Å². The zero-order valence-electron chi connectivity index (χ0n) is 10.1. The first-order valence-electron chi connectivity index (χ1n) is 5.82. The first-order valence-corrected chi connectivity index (χ1v) is 5.82. The van der Waals surface area contributed by atoms with Crippen LogP contribution in [0.25, 0.3) is 22.2 Å². The average molecular weight is 235 g/mol. The third-order valence-corrected chi connectivity index (χ3v) is 2.93. The third-order valence-electron chi connectivity index (χ3n) is 2.93. The highest BCUT2D eigenvalue weighted by Crippen LogP contribution is 2.26. The van der Waals surface area contributed by atoms with Gasteiger partial charge in [-0.3, -0.25) is 4.98 Å². The minimum absolute atomic E-state index is 0.530. The molecule has 0 aliphatic carbocycles. The predicted octanol–water partition coefficient (Wildman–Crippen LogP) is 3.19.